The lowest BCUT2D eigenvalue weighted by Gasteiger charge is -2.39. The van der Waals surface area contributed by atoms with E-state index in [1.807, 2.05) is 4.90 Å². The Labute approximate surface area is 176 Å². The average molecular weight is 452 g/mol. The molecule has 0 aliphatic carbocycles. The molecular formula is C21H19F3N2O4S. The van der Waals surface area contributed by atoms with Crippen LogP contribution in [0.2, 0.25) is 0 Å². The third kappa shape index (κ3) is 3.65. The van der Waals surface area contributed by atoms with E-state index in [1.54, 1.807) is 19.1 Å². The minimum atomic E-state index is -4.52. The molecular weight excluding hydrogens is 433 g/mol. The number of aryl methyl sites for hydroxylation is 1. The number of esters is 1. The highest BCUT2D eigenvalue weighted by Crippen LogP contribution is 2.34. The third-order valence-corrected chi connectivity index (χ3v) is 7.12. The van der Waals surface area contributed by atoms with E-state index < -0.39 is 21.8 Å². The van der Waals surface area contributed by atoms with Gasteiger partial charge in [-0.3, -0.25) is 4.79 Å². The maximum Gasteiger partial charge on any atom is 0.416 e. The van der Waals surface area contributed by atoms with Gasteiger partial charge in [0.15, 0.2) is 0 Å². The number of rotatable bonds is 4. The van der Waals surface area contributed by atoms with Crippen molar-refractivity contribution < 1.29 is 31.1 Å². The summed E-state index contributed by atoms with van der Waals surface area (Å²) in [5.74, 6) is -0.573. The number of hydrogen-bond donors (Lipinski definition) is 0. The Morgan fingerprint density at radius 2 is 1.84 bits per heavy atom. The van der Waals surface area contributed by atoms with Gasteiger partial charge in [-0.05, 0) is 48.9 Å². The van der Waals surface area contributed by atoms with Crippen LogP contribution in [-0.2, 0) is 25.7 Å². The zero-order chi connectivity index (χ0) is 22.6. The van der Waals surface area contributed by atoms with Crippen LogP contribution in [0.5, 0.6) is 0 Å². The molecule has 1 aliphatic heterocycles. The molecule has 0 N–H and O–H groups in total. The lowest BCUT2D eigenvalue weighted by molar-refractivity contribution is -0.146. The normalized spacial score (nSPS) is 15.2. The van der Waals surface area contributed by atoms with Crippen LogP contribution >= 0.6 is 0 Å². The zero-order valence-electron chi connectivity index (χ0n) is 16.7. The summed E-state index contributed by atoms with van der Waals surface area (Å²) < 4.78 is 71.5. The molecule has 4 rings (SSSR count). The van der Waals surface area contributed by atoms with Crippen molar-refractivity contribution in [3.8, 4) is 0 Å². The maximum atomic E-state index is 13.3. The van der Waals surface area contributed by atoms with Crippen LogP contribution in [0.25, 0.3) is 10.9 Å². The number of ether oxygens (including phenoxy) is 1. The second-order valence-corrected chi connectivity index (χ2v) is 9.28. The van der Waals surface area contributed by atoms with Crippen molar-refractivity contribution in [1.29, 1.82) is 0 Å². The summed E-state index contributed by atoms with van der Waals surface area (Å²) in [5.41, 5.74) is 0.391. The van der Waals surface area contributed by atoms with Crippen LogP contribution in [0.3, 0.4) is 0 Å². The Morgan fingerprint density at radius 3 is 2.48 bits per heavy atom. The van der Waals surface area contributed by atoms with Crippen molar-refractivity contribution in [3.05, 3.63) is 59.8 Å². The number of halogens is 3. The fourth-order valence-corrected chi connectivity index (χ4v) is 5.16. The number of carbonyl (C=O) groups excluding carboxylic acids is 1. The maximum absolute atomic E-state index is 13.3. The van der Waals surface area contributed by atoms with Crippen LogP contribution in [0.15, 0.2) is 53.6 Å². The summed E-state index contributed by atoms with van der Waals surface area (Å²) in [6, 6.07) is 9.26. The quantitative estimate of drug-likeness (QED) is 0.563. The smallest absolute Gasteiger partial charge is 0.416 e. The van der Waals surface area contributed by atoms with Crippen LogP contribution < -0.4 is 4.90 Å². The van der Waals surface area contributed by atoms with Gasteiger partial charge in [-0.1, -0.05) is 6.07 Å². The number of carbonyl (C=O) groups is 1. The molecule has 0 unspecified atom stereocenters. The molecule has 2 aromatic carbocycles. The highest BCUT2D eigenvalue weighted by atomic mass is 32.2. The molecule has 1 aromatic heterocycles. The molecule has 1 aliphatic rings. The van der Waals surface area contributed by atoms with Crippen molar-refractivity contribution in [3.63, 3.8) is 0 Å². The summed E-state index contributed by atoms with van der Waals surface area (Å²) in [6.07, 6.45) is -3.20. The largest absolute Gasteiger partial charge is 0.469 e. The van der Waals surface area contributed by atoms with E-state index in [-0.39, 0.29) is 27.7 Å². The van der Waals surface area contributed by atoms with E-state index >= 15 is 0 Å². The van der Waals surface area contributed by atoms with Crippen molar-refractivity contribution >= 4 is 32.6 Å². The molecule has 0 saturated carbocycles. The predicted octanol–water partition coefficient (Wildman–Crippen LogP) is 3.81. The van der Waals surface area contributed by atoms with Crippen molar-refractivity contribution in [2.45, 2.75) is 18.0 Å². The topological polar surface area (TPSA) is 68.6 Å². The van der Waals surface area contributed by atoms with E-state index in [1.165, 1.54) is 31.5 Å². The molecule has 10 heteroatoms. The molecule has 1 saturated heterocycles. The number of benzene rings is 2. The predicted molar refractivity (Wildman–Crippen MR) is 108 cm³/mol. The summed E-state index contributed by atoms with van der Waals surface area (Å²) in [6.45, 7) is 2.40. The van der Waals surface area contributed by atoms with Crippen LogP contribution in [-0.4, -0.2) is 38.6 Å². The van der Waals surface area contributed by atoms with E-state index in [4.69, 9.17) is 4.74 Å². The number of nitrogens with zero attached hydrogens (tertiary/aromatic N) is 2. The number of anilines is 1. The van der Waals surface area contributed by atoms with Crippen LogP contribution in [0.1, 0.15) is 11.1 Å². The SMILES string of the molecule is COC(=O)C1CN(c2cccc(S(=O)(=O)n3cc(C)c4cc(C(F)(F)F)ccc43)c2)C1. The van der Waals surface area contributed by atoms with Gasteiger partial charge in [-0.2, -0.15) is 13.2 Å². The molecule has 0 amide bonds. The molecule has 0 radical (unpaired) electrons. The lowest BCUT2D eigenvalue weighted by Crippen LogP contribution is -2.50. The second kappa shape index (κ2) is 7.30. The first-order valence-corrected chi connectivity index (χ1v) is 10.8. The average Bonchev–Trinajstić information content (AvgIpc) is 3.03. The highest BCUT2D eigenvalue weighted by Gasteiger charge is 2.34. The van der Waals surface area contributed by atoms with Crippen molar-refractivity contribution in [2.24, 2.45) is 5.92 Å². The van der Waals surface area contributed by atoms with Crippen molar-refractivity contribution in [2.75, 3.05) is 25.1 Å². The molecule has 2 heterocycles. The van der Waals surface area contributed by atoms with E-state index in [0.717, 1.165) is 16.1 Å². The first kappa shape index (κ1) is 21.2. The fraction of sp³-hybridized carbons (Fsp3) is 0.286. The number of aromatic nitrogens is 1. The Morgan fingerprint density at radius 1 is 1.13 bits per heavy atom. The molecule has 0 spiro atoms. The van der Waals surface area contributed by atoms with Gasteiger partial charge in [-0.25, -0.2) is 12.4 Å². The van der Waals surface area contributed by atoms with Gasteiger partial charge in [0.05, 0.1) is 29.0 Å². The fourth-order valence-electron chi connectivity index (χ4n) is 3.69. The molecule has 0 atom stereocenters. The summed E-state index contributed by atoms with van der Waals surface area (Å²) in [5, 5.41) is 0.221. The number of fused-ring (bicyclic) bond motifs is 1. The first-order valence-electron chi connectivity index (χ1n) is 9.39. The van der Waals surface area contributed by atoms with Crippen LogP contribution in [0, 0.1) is 12.8 Å². The van der Waals surface area contributed by atoms with Gasteiger partial charge in [0.2, 0.25) is 0 Å². The van der Waals surface area contributed by atoms with Gasteiger partial charge in [0.25, 0.3) is 10.0 Å². The van der Waals surface area contributed by atoms with E-state index in [2.05, 4.69) is 0 Å². The monoisotopic (exact) mass is 452 g/mol. The molecule has 6 nitrogen and oxygen atoms in total. The second-order valence-electron chi connectivity index (χ2n) is 7.47. The van der Waals surface area contributed by atoms with E-state index in [9.17, 15) is 26.4 Å². The Kier molecular flexibility index (Phi) is 5.00. The zero-order valence-corrected chi connectivity index (χ0v) is 17.5. The van der Waals surface area contributed by atoms with Crippen molar-refractivity contribution in [1.82, 2.24) is 3.97 Å². The summed E-state index contributed by atoms with van der Waals surface area (Å²) in [4.78, 5) is 13.4. The van der Waals surface area contributed by atoms with Gasteiger partial charge in [-0.15, -0.1) is 0 Å². The summed E-state index contributed by atoms with van der Waals surface area (Å²) in [7, 11) is -2.73. The Balaban J connectivity index is 1.70. The molecule has 0 bridgehead atoms. The summed E-state index contributed by atoms with van der Waals surface area (Å²) >= 11 is 0. The highest BCUT2D eigenvalue weighted by molar-refractivity contribution is 7.90. The molecule has 1 fully saturated rings. The van der Waals surface area contributed by atoms with E-state index in [0.29, 0.717) is 24.3 Å². The lowest BCUT2D eigenvalue weighted by atomic mass is 9.99. The first-order chi connectivity index (χ1) is 14.5. The minimum absolute atomic E-state index is 0.00307. The molecule has 164 valence electrons. The number of hydrogen-bond acceptors (Lipinski definition) is 5. The minimum Gasteiger partial charge on any atom is -0.469 e. The van der Waals surface area contributed by atoms with Crippen LogP contribution in [0.4, 0.5) is 18.9 Å². The Hall–Kier alpha value is -3.01. The molecule has 31 heavy (non-hydrogen) atoms. The third-order valence-electron chi connectivity index (χ3n) is 5.45. The Bertz CT molecular complexity index is 1280. The number of methoxy groups -OCH3 is 1. The molecule has 3 aromatic rings. The standard InChI is InChI=1S/C21H19F3N2O4S/c1-13-10-26(19-7-6-15(8-18(13)19)21(22,23)24)31(28,29)17-5-3-4-16(9-17)25-11-14(12-25)20(27)30-2/h3-10,14H,11-12H2,1-2H3. The van der Waals surface area contributed by atoms with Gasteiger partial charge in [0.1, 0.15) is 0 Å². The van der Waals surface area contributed by atoms with Gasteiger partial charge in [0, 0.05) is 30.4 Å². The van der Waals surface area contributed by atoms with Gasteiger partial charge >= 0.3 is 12.1 Å². The number of alkyl halides is 3. The van der Waals surface area contributed by atoms with Gasteiger partial charge < -0.3 is 9.64 Å².